The molecule has 1 aliphatic carbocycles. The van der Waals surface area contributed by atoms with Crippen LogP contribution < -0.4 is 10.9 Å². The van der Waals surface area contributed by atoms with Crippen LogP contribution in [-0.2, 0) is 17.7 Å². The summed E-state index contributed by atoms with van der Waals surface area (Å²) < 4.78 is 13.3. The summed E-state index contributed by atoms with van der Waals surface area (Å²) in [6, 6.07) is 7.30. The van der Waals surface area contributed by atoms with Gasteiger partial charge >= 0.3 is 0 Å². The van der Waals surface area contributed by atoms with Gasteiger partial charge in [0.15, 0.2) is 22.2 Å². The molecule has 1 N–H and O–H groups in total. The van der Waals surface area contributed by atoms with Crippen molar-refractivity contribution in [1.29, 1.82) is 0 Å². The number of fused-ring (bicyclic) bond motifs is 1. The van der Waals surface area contributed by atoms with Crippen molar-refractivity contribution in [2.45, 2.75) is 57.0 Å². The maximum atomic E-state index is 13.4. The van der Waals surface area contributed by atoms with Crippen LogP contribution >= 0.6 is 0 Å². The molecular formula is C25H27N7O2S. The second-order valence-electron chi connectivity index (χ2n) is 9.08. The van der Waals surface area contributed by atoms with E-state index in [-0.39, 0.29) is 17.4 Å². The molecule has 1 aliphatic rings. The average molecular weight is 490 g/mol. The van der Waals surface area contributed by atoms with Gasteiger partial charge in [-0.1, -0.05) is 12.1 Å². The van der Waals surface area contributed by atoms with Gasteiger partial charge in [-0.25, -0.2) is 24.9 Å². The molecule has 5 rings (SSSR count). The summed E-state index contributed by atoms with van der Waals surface area (Å²) in [4.78, 5) is 37.0. The molecule has 4 aromatic rings. The molecule has 10 heteroatoms. The number of hydrogen-bond acceptors (Lipinski definition) is 8. The van der Waals surface area contributed by atoms with Crippen LogP contribution in [0.25, 0.3) is 22.6 Å². The highest BCUT2D eigenvalue weighted by atomic mass is 32.2. The molecule has 0 saturated heterocycles. The summed E-state index contributed by atoms with van der Waals surface area (Å²) in [5, 5.41) is 3.16. The van der Waals surface area contributed by atoms with Gasteiger partial charge in [-0.2, -0.15) is 0 Å². The van der Waals surface area contributed by atoms with Crippen molar-refractivity contribution < 1.29 is 4.55 Å². The second-order valence-corrected chi connectivity index (χ2v) is 10.5. The third-order valence-corrected chi connectivity index (χ3v) is 7.05. The Morgan fingerprint density at radius 3 is 2.54 bits per heavy atom. The van der Waals surface area contributed by atoms with Crippen LogP contribution in [0.15, 0.2) is 46.5 Å². The monoisotopic (exact) mass is 489 g/mol. The molecule has 35 heavy (non-hydrogen) atoms. The fourth-order valence-corrected chi connectivity index (χ4v) is 4.65. The molecule has 0 aliphatic heterocycles. The van der Waals surface area contributed by atoms with Gasteiger partial charge in [0.05, 0.1) is 23.1 Å². The van der Waals surface area contributed by atoms with Crippen molar-refractivity contribution in [3.8, 4) is 11.4 Å². The number of hydrogen-bond donors (Lipinski definition) is 1. The first-order chi connectivity index (χ1) is 16.8. The molecule has 1 unspecified atom stereocenters. The topological polar surface area (TPSA) is 122 Å². The van der Waals surface area contributed by atoms with Gasteiger partial charge in [-0.05, 0) is 62.5 Å². The largest absolute Gasteiger partial charge is 0.612 e. The Labute approximate surface area is 206 Å². The zero-order valence-corrected chi connectivity index (χ0v) is 21.0. The number of aromatic nitrogens is 6. The molecule has 180 valence electrons. The lowest BCUT2D eigenvalue weighted by molar-refractivity contribution is 0.593. The summed E-state index contributed by atoms with van der Waals surface area (Å²) in [6.45, 7) is 6.24. The van der Waals surface area contributed by atoms with Gasteiger partial charge in [-0.15, -0.1) is 0 Å². The van der Waals surface area contributed by atoms with E-state index in [2.05, 4.69) is 25.3 Å². The van der Waals surface area contributed by atoms with Crippen molar-refractivity contribution in [2.24, 2.45) is 0 Å². The van der Waals surface area contributed by atoms with E-state index in [4.69, 9.17) is 4.98 Å². The van der Waals surface area contributed by atoms with Gasteiger partial charge in [0, 0.05) is 18.5 Å². The lowest BCUT2D eigenvalue weighted by Gasteiger charge is -2.16. The summed E-state index contributed by atoms with van der Waals surface area (Å²) in [6.07, 6.45) is 7.10. The van der Waals surface area contributed by atoms with E-state index >= 15 is 0 Å². The van der Waals surface area contributed by atoms with E-state index in [0.29, 0.717) is 29.5 Å². The van der Waals surface area contributed by atoms with Gasteiger partial charge in [0.1, 0.15) is 18.1 Å². The van der Waals surface area contributed by atoms with Crippen LogP contribution in [0.5, 0.6) is 0 Å². The zero-order valence-electron chi connectivity index (χ0n) is 20.1. The highest BCUT2D eigenvalue weighted by molar-refractivity contribution is 7.90. The smallest absolute Gasteiger partial charge is 0.295 e. The summed E-state index contributed by atoms with van der Waals surface area (Å²) in [5.41, 5.74) is 4.37. The minimum atomic E-state index is -1.03. The minimum Gasteiger partial charge on any atom is -0.612 e. The molecule has 1 atom stereocenters. The molecule has 9 nitrogen and oxygen atoms in total. The fourth-order valence-electron chi connectivity index (χ4n) is 4.14. The van der Waals surface area contributed by atoms with Crippen molar-refractivity contribution >= 4 is 28.2 Å². The molecule has 1 fully saturated rings. The Kier molecular flexibility index (Phi) is 6.24. The maximum absolute atomic E-state index is 13.4. The summed E-state index contributed by atoms with van der Waals surface area (Å²) in [7, 11) is 0. The Hall–Kier alpha value is -3.37. The number of rotatable bonds is 7. The molecule has 0 bridgehead atoms. The first-order valence-corrected chi connectivity index (χ1v) is 13.2. The number of anilines is 1. The average Bonchev–Trinajstić information content (AvgIpc) is 3.68. The van der Waals surface area contributed by atoms with Gasteiger partial charge in [-0.3, -0.25) is 9.36 Å². The molecule has 0 amide bonds. The molecular weight excluding hydrogens is 462 g/mol. The lowest BCUT2D eigenvalue weighted by Crippen LogP contribution is -2.27. The van der Waals surface area contributed by atoms with E-state index in [1.54, 1.807) is 23.3 Å². The first kappa shape index (κ1) is 23.4. The van der Waals surface area contributed by atoms with E-state index in [1.807, 2.05) is 45.0 Å². The Morgan fingerprint density at radius 2 is 1.89 bits per heavy atom. The van der Waals surface area contributed by atoms with Crippen molar-refractivity contribution in [3.05, 3.63) is 64.1 Å². The van der Waals surface area contributed by atoms with Crippen LogP contribution in [0.3, 0.4) is 0 Å². The van der Waals surface area contributed by atoms with Crippen molar-refractivity contribution in [3.63, 3.8) is 0 Å². The van der Waals surface area contributed by atoms with E-state index < -0.39 is 11.2 Å². The van der Waals surface area contributed by atoms with Crippen LogP contribution in [0.2, 0.25) is 0 Å². The summed E-state index contributed by atoms with van der Waals surface area (Å²) >= 11 is -1.03. The third kappa shape index (κ3) is 4.63. The van der Waals surface area contributed by atoms with Gasteiger partial charge in [0.25, 0.3) is 5.56 Å². The summed E-state index contributed by atoms with van der Waals surface area (Å²) in [5.74, 6) is 1.17. The SMILES string of the molecule is Cc1ncnc(C2CC2)c1-c1ncc2nc(NCc3ccc([S+](C)[O-])cc3)c(=O)n(C(C)C)c2n1. The number of nitrogens with one attached hydrogen (secondary N) is 1. The molecule has 1 saturated carbocycles. The van der Waals surface area contributed by atoms with Gasteiger partial charge in [0.2, 0.25) is 0 Å². The number of nitrogens with zero attached hydrogens (tertiary/aromatic N) is 6. The lowest BCUT2D eigenvalue weighted by atomic mass is 10.1. The van der Waals surface area contributed by atoms with Crippen molar-refractivity contribution in [1.82, 2.24) is 29.5 Å². The third-order valence-electron chi connectivity index (χ3n) is 6.12. The fraction of sp³-hybridized carbons (Fsp3) is 0.360. The van der Waals surface area contributed by atoms with E-state index in [1.165, 1.54) is 0 Å². The first-order valence-electron chi connectivity index (χ1n) is 11.6. The van der Waals surface area contributed by atoms with E-state index in [9.17, 15) is 9.35 Å². The minimum absolute atomic E-state index is 0.133. The molecule has 3 aromatic heterocycles. The molecule has 0 spiro atoms. The molecule has 0 radical (unpaired) electrons. The number of aryl methyl sites for hydroxylation is 1. The normalized spacial score (nSPS) is 14.5. The van der Waals surface area contributed by atoms with Gasteiger partial charge < -0.3 is 9.87 Å². The van der Waals surface area contributed by atoms with Crippen LogP contribution in [-0.4, -0.2) is 40.3 Å². The maximum Gasteiger partial charge on any atom is 0.295 e. The number of benzene rings is 1. The van der Waals surface area contributed by atoms with E-state index in [0.717, 1.165) is 40.3 Å². The zero-order chi connectivity index (χ0) is 24.7. The molecule has 3 heterocycles. The predicted molar refractivity (Wildman–Crippen MR) is 136 cm³/mol. The standard InChI is InChI=1S/C25H27N7O2S/c1-14(2)32-24-19(12-27-22(31-24)20-15(3)28-13-29-21(20)17-7-8-17)30-23(25(32)33)26-11-16-5-9-18(10-6-16)35(4)34/h5-6,9-10,12-14,17H,7-8,11H2,1-4H3,(H,26,30). The predicted octanol–water partition coefficient (Wildman–Crippen LogP) is 3.76. The second kappa shape index (κ2) is 9.35. The van der Waals surface area contributed by atoms with Crippen LogP contribution in [0.4, 0.5) is 5.82 Å². The quantitative estimate of drug-likeness (QED) is 0.390. The molecule has 1 aromatic carbocycles. The Morgan fingerprint density at radius 1 is 1.14 bits per heavy atom. The van der Waals surface area contributed by atoms with Crippen LogP contribution in [0.1, 0.15) is 55.6 Å². The van der Waals surface area contributed by atoms with Crippen molar-refractivity contribution in [2.75, 3.05) is 11.6 Å². The highest BCUT2D eigenvalue weighted by Crippen LogP contribution is 2.43. The Balaban J connectivity index is 1.53. The highest BCUT2D eigenvalue weighted by Gasteiger charge is 2.30. The van der Waals surface area contributed by atoms with Crippen LogP contribution in [0, 0.1) is 6.92 Å². The Bertz CT molecular complexity index is 1450.